The first-order chi connectivity index (χ1) is 7.95. The fourth-order valence-electron chi connectivity index (χ4n) is 2.10. The van der Waals surface area contributed by atoms with Crippen molar-refractivity contribution >= 4 is 11.3 Å². The third-order valence-electron chi connectivity index (χ3n) is 3.03. The predicted octanol–water partition coefficient (Wildman–Crippen LogP) is 2.23. The van der Waals surface area contributed by atoms with Gasteiger partial charge in [0.05, 0.1) is 5.01 Å². The fraction of sp³-hybridized carbons (Fsp3) is 0.769. The lowest BCUT2D eigenvalue weighted by molar-refractivity contribution is 0.201. The number of hydrogen-bond acceptors (Lipinski definition) is 4. The van der Waals surface area contributed by atoms with Crippen LogP contribution in [0, 0.1) is 0 Å². The summed E-state index contributed by atoms with van der Waals surface area (Å²) >= 11 is 1.86. The van der Waals surface area contributed by atoms with Gasteiger partial charge in [-0.3, -0.25) is 4.90 Å². The van der Waals surface area contributed by atoms with E-state index in [2.05, 4.69) is 49.1 Å². The molecule has 0 aromatic carbocycles. The molecule has 1 N–H and O–H groups in total. The van der Waals surface area contributed by atoms with Crippen molar-refractivity contribution in [3.05, 3.63) is 16.1 Å². The molecule has 0 radical (unpaired) electrons. The van der Waals surface area contributed by atoms with E-state index < -0.39 is 0 Å². The van der Waals surface area contributed by atoms with Crippen molar-refractivity contribution < 1.29 is 0 Å². The van der Waals surface area contributed by atoms with Gasteiger partial charge in [-0.2, -0.15) is 0 Å². The summed E-state index contributed by atoms with van der Waals surface area (Å²) in [7, 11) is 0. The van der Waals surface area contributed by atoms with E-state index in [1.54, 1.807) is 0 Å². The predicted molar refractivity (Wildman–Crippen MR) is 73.6 cm³/mol. The van der Waals surface area contributed by atoms with Crippen LogP contribution in [0.2, 0.25) is 0 Å². The van der Waals surface area contributed by atoms with Crippen LogP contribution in [0.5, 0.6) is 0 Å². The Morgan fingerprint density at radius 2 is 2.29 bits per heavy atom. The van der Waals surface area contributed by atoms with Crippen LogP contribution in [-0.2, 0) is 12.0 Å². The van der Waals surface area contributed by atoms with Gasteiger partial charge in [0.15, 0.2) is 0 Å². The standard InChI is InChI=1S/C13H23N3S/c1-10-8-16(6-5-14-10)9-11-7-15-12(17-11)13(2,3)4/h7,10,14H,5-6,8-9H2,1-4H3/t10-/m1/s1. The first kappa shape index (κ1) is 13.0. The highest BCUT2D eigenvalue weighted by Gasteiger charge is 2.20. The Labute approximate surface area is 108 Å². The molecule has 2 rings (SSSR count). The maximum atomic E-state index is 4.55. The fourth-order valence-corrected chi connectivity index (χ4v) is 3.12. The molecule has 96 valence electrons. The third-order valence-corrected chi connectivity index (χ3v) is 4.44. The van der Waals surface area contributed by atoms with Gasteiger partial charge in [-0.1, -0.05) is 20.8 Å². The van der Waals surface area contributed by atoms with Crippen molar-refractivity contribution in [2.75, 3.05) is 19.6 Å². The second-order valence-corrected chi connectivity index (χ2v) is 7.09. The molecule has 1 aromatic rings. The molecular weight excluding hydrogens is 230 g/mol. The summed E-state index contributed by atoms with van der Waals surface area (Å²) in [6, 6.07) is 0.610. The monoisotopic (exact) mass is 253 g/mol. The molecule has 1 aliphatic rings. The van der Waals surface area contributed by atoms with Crippen LogP contribution in [-0.4, -0.2) is 35.6 Å². The molecule has 0 bridgehead atoms. The lowest BCUT2D eigenvalue weighted by atomic mass is 9.98. The van der Waals surface area contributed by atoms with Crippen molar-refractivity contribution in [1.29, 1.82) is 0 Å². The summed E-state index contributed by atoms with van der Waals surface area (Å²) < 4.78 is 0. The third kappa shape index (κ3) is 3.50. The molecule has 1 fully saturated rings. The Morgan fingerprint density at radius 3 is 2.88 bits per heavy atom. The van der Waals surface area contributed by atoms with Crippen molar-refractivity contribution in [1.82, 2.24) is 15.2 Å². The Morgan fingerprint density at radius 1 is 1.53 bits per heavy atom. The molecule has 1 aliphatic heterocycles. The van der Waals surface area contributed by atoms with Crippen LogP contribution in [0.4, 0.5) is 0 Å². The van der Waals surface area contributed by atoms with Crippen molar-refractivity contribution in [2.45, 2.75) is 45.7 Å². The van der Waals surface area contributed by atoms with Crippen LogP contribution >= 0.6 is 11.3 Å². The summed E-state index contributed by atoms with van der Waals surface area (Å²) in [5.41, 5.74) is 0.180. The van der Waals surface area contributed by atoms with Crippen molar-refractivity contribution in [3.63, 3.8) is 0 Å². The molecule has 1 saturated heterocycles. The van der Waals surface area contributed by atoms with Gasteiger partial charge in [0.2, 0.25) is 0 Å². The molecule has 0 spiro atoms. The van der Waals surface area contributed by atoms with Gasteiger partial charge in [-0.05, 0) is 6.92 Å². The van der Waals surface area contributed by atoms with E-state index in [4.69, 9.17) is 0 Å². The maximum absolute atomic E-state index is 4.55. The van der Waals surface area contributed by atoms with E-state index in [0.29, 0.717) is 6.04 Å². The first-order valence-electron chi connectivity index (χ1n) is 6.36. The molecule has 0 amide bonds. The summed E-state index contributed by atoms with van der Waals surface area (Å²) in [5.74, 6) is 0. The molecule has 4 heteroatoms. The van der Waals surface area contributed by atoms with Gasteiger partial charge in [-0.15, -0.1) is 11.3 Å². The molecule has 1 atom stereocenters. The molecule has 2 heterocycles. The number of thiazole rings is 1. The van der Waals surface area contributed by atoms with Crippen molar-refractivity contribution in [3.8, 4) is 0 Å². The van der Waals surface area contributed by atoms with E-state index >= 15 is 0 Å². The Kier molecular flexibility index (Phi) is 3.85. The summed E-state index contributed by atoms with van der Waals surface area (Å²) in [5, 5.41) is 4.72. The normalized spacial score (nSPS) is 22.9. The van der Waals surface area contributed by atoms with Gasteiger partial charge >= 0.3 is 0 Å². The minimum Gasteiger partial charge on any atom is -0.312 e. The highest BCUT2D eigenvalue weighted by atomic mass is 32.1. The number of nitrogens with one attached hydrogen (secondary N) is 1. The lowest BCUT2D eigenvalue weighted by Gasteiger charge is -2.31. The van der Waals surface area contributed by atoms with Crippen LogP contribution < -0.4 is 5.32 Å². The van der Waals surface area contributed by atoms with Gasteiger partial charge in [0, 0.05) is 48.7 Å². The van der Waals surface area contributed by atoms with Gasteiger partial charge in [-0.25, -0.2) is 4.98 Å². The molecule has 0 aliphatic carbocycles. The molecule has 0 unspecified atom stereocenters. The van der Waals surface area contributed by atoms with E-state index in [1.165, 1.54) is 9.88 Å². The average Bonchev–Trinajstić information content (AvgIpc) is 2.65. The second-order valence-electron chi connectivity index (χ2n) is 5.97. The summed E-state index contributed by atoms with van der Waals surface area (Å²) in [6.45, 7) is 13.4. The number of nitrogens with zero attached hydrogens (tertiary/aromatic N) is 2. The van der Waals surface area contributed by atoms with E-state index in [-0.39, 0.29) is 5.41 Å². The second kappa shape index (κ2) is 5.04. The zero-order chi connectivity index (χ0) is 12.5. The first-order valence-corrected chi connectivity index (χ1v) is 7.18. The van der Waals surface area contributed by atoms with Crippen molar-refractivity contribution in [2.24, 2.45) is 0 Å². The highest BCUT2D eigenvalue weighted by Crippen LogP contribution is 2.27. The zero-order valence-electron chi connectivity index (χ0n) is 11.3. The van der Waals surface area contributed by atoms with Gasteiger partial charge < -0.3 is 5.32 Å². The Balaban J connectivity index is 1.97. The summed E-state index contributed by atoms with van der Waals surface area (Å²) in [6.07, 6.45) is 2.05. The van der Waals surface area contributed by atoms with Crippen LogP contribution in [0.25, 0.3) is 0 Å². The lowest BCUT2D eigenvalue weighted by Crippen LogP contribution is -2.48. The minimum absolute atomic E-state index is 0.180. The minimum atomic E-state index is 0.180. The maximum Gasteiger partial charge on any atom is 0.0981 e. The number of hydrogen-bond donors (Lipinski definition) is 1. The van der Waals surface area contributed by atoms with E-state index in [0.717, 1.165) is 26.2 Å². The van der Waals surface area contributed by atoms with Gasteiger partial charge in [0.25, 0.3) is 0 Å². The van der Waals surface area contributed by atoms with E-state index in [9.17, 15) is 0 Å². The SMILES string of the molecule is C[C@@H]1CN(Cc2cnc(C(C)(C)C)s2)CCN1. The number of aromatic nitrogens is 1. The van der Waals surface area contributed by atoms with Crippen LogP contribution in [0.3, 0.4) is 0 Å². The molecule has 1 aromatic heterocycles. The zero-order valence-corrected chi connectivity index (χ0v) is 12.1. The number of rotatable bonds is 2. The Hall–Kier alpha value is -0.450. The summed E-state index contributed by atoms with van der Waals surface area (Å²) in [4.78, 5) is 8.46. The van der Waals surface area contributed by atoms with Crippen LogP contribution in [0.15, 0.2) is 6.20 Å². The Bertz CT molecular complexity index is 367. The topological polar surface area (TPSA) is 28.2 Å². The smallest absolute Gasteiger partial charge is 0.0981 e. The van der Waals surface area contributed by atoms with E-state index in [1.807, 2.05) is 11.3 Å². The number of piperazine rings is 1. The molecule has 17 heavy (non-hydrogen) atoms. The molecular formula is C13H23N3S. The molecule has 0 saturated carbocycles. The average molecular weight is 253 g/mol. The highest BCUT2D eigenvalue weighted by molar-refractivity contribution is 7.11. The van der Waals surface area contributed by atoms with Gasteiger partial charge in [0.1, 0.15) is 0 Å². The molecule has 3 nitrogen and oxygen atoms in total. The quantitative estimate of drug-likeness (QED) is 0.876. The van der Waals surface area contributed by atoms with Crippen LogP contribution in [0.1, 0.15) is 37.6 Å². The largest absolute Gasteiger partial charge is 0.312 e.